The number of anilines is 1. The van der Waals surface area contributed by atoms with Crippen molar-refractivity contribution in [2.24, 2.45) is 0 Å². The molecule has 2 amide bonds. The van der Waals surface area contributed by atoms with Crippen LogP contribution in [-0.2, 0) is 9.59 Å². The summed E-state index contributed by atoms with van der Waals surface area (Å²) >= 11 is 0. The summed E-state index contributed by atoms with van der Waals surface area (Å²) < 4.78 is 5.66. The van der Waals surface area contributed by atoms with Gasteiger partial charge in [0.05, 0.1) is 5.69 Å². The predicted molar refractivity (Wildman–Crippen MR) is 101 cm³/mol. The van der Waals surface area contributed by atoms with Crippen molar-refractivity contribution in [3.63, 3.8) is 0 Å². The quantitative estimate of drug-likeness (QED) is 0.781. The van der Waals surface area contributed by atoms with Crippen molar-refractivity contribution in [3.05, 3.63) is 24.3 Å². The number of nitrogens with zero attached hydrogens (tertiary/aromatic N) is 3. The van der Waals surface area contributed by atoms with Crippen LogP contribution in [0.1, 0.15) is 33.6 Å². The molecule has 2 aliphatic heterocycles. The summed E-state index contributed by atoms with van der Waals surface area (Å²) in [7, 11) is 0. The average molecular weight is 359 g/mol. The van der Waals surface area contributed by atoms with Gasteiger partial charge in [-0.25, -0.2) is 0 Å². The third-order valence-electron chi connectivity index (χ3n) is 5.44. The zero-order valence-corrected chi connectivity index (χ0v) is 16.0. The van der Waals surface area contributed by atoms with E-state index in [0.29, 0.717) is 24.0 Å². The molecule has 6 nitrogen and oxygen atoms in total. The molecule has 1 saturated heterocycles. The van der Waals surface area contributed by atoms with Gasteiger partial charge in [-0.15, -0.1) is 0 Å². The van der Waals surface area contributed by atoms with Gasteiger partial charge in [0.2, 0.25) is 5.91 Å². The molecule has 1 aromatic rings. The van der Waals surface area contributed by atoms with E-state index in [0.717, 1.165) is 26.1 Å². The van der Waals surface area contributed by atoms with Crippen molar-refractivity contribution in [1.29, 1.82) is 0 Å². The molecule has 6 heteroatoms. The fourth-order valence-corrected chi connectivity index (χ4v) is 3.94. The van der Waals surface area contributed by atoms with Crippen molar-refractivity contribution in [2.45, 2.75) is 45.8 Å². The molecule has 0 radical (unpaired) electrons. The van der Waals surface area contributed by atoms with Crippen LogP contribution in [-0.4, -0.2) is 66.5 Å². The van der Waals surface area contributed by atoms with Gasteiger partial charge in [0.1, 0.15) is 12.3 Å². The Balaban J connectivity index is 1.72. The van der Waals surface area contributed by atoms with E-state index in [2.05, 4.69) is 11.8 Å². The highest BCUT2D eigenvalue weighted by Gasteiger charge is 2.34. The molecule has 0 spiro atoms. The minimum absolute atomic E-state index is 0.00675. The number of benzene rings is 1. The number of hydrogen-bond acceptors (Lipinski definition) is 4. The van der Waals surface area contributed by atoms with Gasteiger partial charge in [0.15, 0.2) is 6.10 Å². The van der Waals surface area contributed by atoms with Gasteiger partial charge in [0.25, 0.3) is 5.91 Å². The Labute approximate surface area is 155 Å². The maximum absolute atomic E-state index is 13.0. The summed E-state index contributed by atoms with van der Waals surface area (Å²) in [5.74, 6) is 0.486. The van der Waals surface area contributed by atoms with Crippen molar-refractivity contribution in [3.8, 4) is 5.75 Å². The lowest BCUT2D eigenvalue weighted by Crippen LogP contribution is -2.51. The summed E-state index contributed by atoms with van der Waals surface area (Å²) in [6.07, 6.45) is 1.75. The third-order valence-corrected chi connectivity index (χ3v) is 5.44. The van der Waals surface area contributed by atoms with Crippen LogP contribution in [0.25, 0.3) is 0 Å². The Morgan fingerprint density at radius 3 is 2.81 bits per heavy atom. The Morgan fingerprint density at radius 1 is 1.31 bits per heavy atom. The molecule has 2 aliphatic rings. The summed E-state index contributed by atoms with van der Waals surface area (Å²) in [4.78, 5) is 31.5. The molecule has 2 atom stereocenters. The summed E-state index contributed by atoms with van der Waals surface area (Å²) in [6, 6.07) is 7.83. The van der Waals surface area contributed by atoms with Crippen LogP contribution in [0.15, 0.2) is 24.3 Å². The third kappa shape index (κ3) is 3.70. The number of rotatable bonds is 6. The molecule has 1 aromatic carbocycles. The molecule has 142 valence electrons. The summed E-state index contributed by atoms with van der Waals surface area (Å²) in [6.45, 7) is 9.48. The minimum atomic E-state index is -0.571. The molecule has 1 fully saturated rings. The zero-order valence-electron chi connectivity index (χ0n) is 16.0. The maximum Gasteiger partial charge on any atom is 0.268 e. The highest BCUT2D eigenvalue weighted by molar-refractivity contribution is 6.03. The smallest absolute Gasteiger partial charge is 0.268 e. The number of hydrogen-bond donors (Lipinski definition) is 0. The topological polar surface area (TPSA) is 53.1 Å². The van der Waals surface area contributed by atoms with Crippen LogP contribution in [0.4, 0.5) is 5.69 Å². The molecule has 0 unspecified atom stereocenters. The number of carbonyl (C=O) groups excluding carboxylic acids is 2. The number of likely N-dealkylation sites (tertiary alicyclic amines) is 1. The number of amides is 2. The van der Waals surface area contributed by atoms with Gasteiger partial charge >= 0.3 is 0 Å². The molecule has 0 aromatic heterocycles. The van der Waals surface area contributed by atoms with E-state index in [1.54, 1.807) is 11.8 Å². The Kier molecular flexibility index (Phi) is 5.81. The normalized spacial score (nSPS) is 22.9. The second-order valence-corrected chi connectivity index (χ2v) is 7.01. The Hall–Kier alpha value is -2.08. The molecular formula is C20H29N3O3. The highest BCUT2D eigenvalue weighted by atomic mass is 16.5. The van der Waals surface area contributed by atoms with Crippen LogP contribution in [0.5, 0.6) is 5.75 Å². The number of para-hydroxylation sites is 2. The molecule has 0 N–H and O–H groups in total. The predicted octanol–water partition coefficient (Wildman–Crippen LogP) is 2.13. The largest absolute Gasteiger partial charge is 0.479 e. The van der Waals surface area contributed by atoms with E-state index in [1.165, 1.54) is 6.42 Å². The monoisotopic (exact) mass is 359 g/mol. The number of ether oxygens (including phenoxy) is 1. The molecule has 0 bridgehead atoms. The van der Waals surface area contributed by atoms with Crippen molar-refractivity contribution >= 4 is 17.5 Å². The van der Waals surface area contributed by atoms with Gasteiger partial charge in [0, 0.05) is 19.1 Å². The van der Waals surface area contributed by atoms with Crippen LogP contribution >= 0.6 is 0 Å². The minimum Gasteiger partial charge on any atom is -0.479 e. The van der Waals surface area contributed by atoms with Crippen LogP contribution < -0.4 is 9.64 Å². The van der Waals surface area contributed by atoms with Gasteiger partial charge in [-0.1, -0.05) is 19.1 Å². The van der Waals surface area contributed by atoms with E-state index < -0.39 is 6.10 Å². The summed E-state index contributed by atoms with van der Waals surface area (Å²) in [5.41, 5.74) is 0.677. The van der Waals surface area contributed by atoms with Gasteiger partial charge < -0.3 is 9.64 Å². The van der Waals surface area contributed by atoms with Gasteiger partial charge in [-0.3, -0.25) is 19.4 Å². The fraction of sp³-hybridized carbons (Fsp3) is 0.600. The van der Waals surface area contributed by atoms with Crippen molar-refractivity contribution in [1.82, 2.24) is 9.80 Å². The van der Waals surface area contributed by atoms with E-state index >= 15 is 0 Å². The Bertz CT molecular complexity index is 663. The fourth-order valence-electron chi connectivity index (χ4n) is 3.94. The van der Waals surface area contributed by atoms with Crippen LogP contribution in [0.2, 0.25) is 0 Å². The first-order valence-corrected chi connectivity index (χ1v) is 9.64. The molecular weight excluding hydrogens is 330 g/mol. The number of likely N-dealkylation sites (N-methyl/N-ethyl adjacent to an activating group) is 2. The van der Waals surface area contributed by atoms with Crippen LogP contribution in [0, 0.1) is 0 Å². The molecule has 26 heavy (non-hydrogen) atoms. The first-order chi connectivity index (χ1) is 12.5. The van der Waals surface area contributed by atoms with Crippen LogP contribution in [0.3, 0.4) is 0 Å². The number of carbonyl (C=O) groups is 2. The van der Waals surface area contributed by atoms with E-state index in [-0.39, 0.29) is 18.4 Å². The van der Waals surface area contributed by atoms with Gasteiger partial charge in [-0.05, 0) is 51.9 Å². The average Bonchev–Trinajstić information content (AvgIpc) is 3.10. The lowest BCUT2D eigenvalue weighted by atomic mass is 10.1. The zero-order chi connectivity index (χ0) is 18.7. The lowest BCUT2D eigenvalue weighted by Gasteiger charge is -2.35. The van der Waals surface area contributed by atoms with Crippen molar-refractivity contribution < 1.29 is 14.3 Å². The second-order valence-electron chi connectivity index (χ2n) is 7.01. The number of fused-ring (bicyclic) bond motifs is 1. The summed E-state index contributed by atoms with van der Waals surface area (Å²) in [5, 5.41) is 0. The van der Waals surface area contributed by atoms with E-state index in [4.69, 9.17) is 4.74 Å². The molecule has 0 aliphatic carbocycles. The molecule has 3 rings (SSSR count). The van der Waals surface area contributed by atoms with E-state index in [9.17, 15) is 9.59 Å². The second kappa shape index (κ2) is 8.08. The maximum atomic E-state index is 13.0. The molecule has 2 heterocycles. The molecule has 0 saturated carbocycles. The first kappa shape index (κ1) is 18.7. The standard InChI is InChI=1S/C20H29N3O3/c1-4-21-12-8-9-16(21)13-22(5-2)19(24)14-23-17-10-6-7-11-18(17)26-15(3)20(23)25/h6-7,10-11,15-16H,4-5,8-9,12-14H2,1-3H3/t15-,16+/m0/s1. The van der Waals surface area contributed by atoms with Gasteiger partial charge in [-0.2, -0.15) is 0 Å². The van der Waals surface area contributed by atoms with E-state index in [1.807, 2.05) is 36.1 Å². The first-order valence-electron chi connectivity index (χ1n) is 9.64. The van der Waals surface area contributed by atoms with Crippen molar-refractivity contribution in [2.75, 3.05) is 37.6 Å². The lowest BCUT2D eigenvalue weighted by molar-refractivity contribution is -0.133. The SMILES string of the molecule is CCN(C[C@H]1CCCN1CC)C(=O)CN1C(=O)[C@H](C)Oc2ccccc21. The highest BCUT2D eigenvalue weighted by Crippen LogP contribution is 2.33. The Morgan fingerprint density at radius 2 is 2.08 bits per heavy atom.